The van der Waals surface area contributed by atoms with Gasteiger partial charge in [-0.25, -0.2) is 19.0 Å². The van der Waals surface area contributed by atoms with Crippen molar-refractivity contribution in [2.75, 3.05) is 23.7 Å². The molecule has 0 radical (unpaired) electrons. The number of hydrogen-bond acceptors (Lipinski definition) is 10. The van der Waals surface area contributed by atoms with Crippen LogP contribution in [0, 0.1) is 6.92 Å². The molecule has 1 saturated heterocycles. The fourth-order valence-electron chi connectivity index (χ4n) is 5.61. The van der Waals surface area contributed by atoms with Crippen molar-refractivity contribution in [1.82, 2.24) is 54.0 Å². The van der Waals surface area contributed by atoms with Crippen LogP contribution in [0.5, 0.6) is 0 Å². The van der Waals surface area contributed by atoms with Gasteiger partial charge in [0, 0.05) is 55.3 Å². The van der Waals surface area contributed by atoms with Gasteiger partial charge in [0.25, 0.3) is 11.1 Å². The zero-order valence-electron chi connectivity index (χ0n) is 25.5. The van der Waals surface area contributed by atoms with Crippen LogP contribution in [0.4, 0.5) is 17.8 Å². The monoisotopic (exact) mass is 609 g/mol. The maximum absolute atomic E-state index is 12.3. The van der Waals surface area contributed by atoms with Crippen molar-refractivity contribution in [3.63, 3.8) is 0 Å². The summed E-state index contributed by atoms with van der Waals surface area (Å²) in [5.41, 5.74) is 3.25. The molecule has 15 heteroatoms. The molecule has 0 amide bonds. The summed E-state index contributed by atoms with van der Waals surface area (Å²) in [4.78, 5) is 53.2. The molecule has 0 unspecified atom stereocenters. The number of aromatic nitrogens is 10. The fraction of sp³-hybridized carbons (Fsp3) is 0.367. The molecule has 0 atom stereocenters. The summed E-state index contributed by atoms with van der Waals surface area (Å²) in [6.07, 6.45) is 3.66. The fourth-order valence-corrected chi connectivity index (χ4v) is 5.61. The molecule has 5 aromatic heterocycles. The number of aryl methyl sites for hydroxylation is 1. The van der Waals surface area contributed by atoms with E-state index in [1.807, 2.05) is 25.3 Å². The van der Waals surface area contributed by atoms with Gasteiger partial charge in [-0.05, 0) is 30.7 Å². The number of aromatic amines is 3. The maximum Gasteiger partial charge on any atom is 0.266 e. The van der Waals surface area contributed by atoms with Gasteiger partial charge in [-0.3, -0.25) is 30.0 Å². The van der Waals surface area contributed by atoms with Crippen molar-refractivity contribution in [3.05, 3.63) is 80.4 Å². The number of anilines is 3. The first-order valence-corrected chi connectivity index (χ1v) is 14.9. The van der Waals surface area contributed by atoms with E-state index in [2.05, 4.69) is 78.6 Å². The van der Waals surface area contributed by atoms with Crippen LogP contribution in [0.25, 0.3) is 22.7 Å². The van der Waals surface area contributed by atoms with Crippen LogP contribution < -0.4 is 21.8 Å². The highest BCUT2D eigenvalue weighted by Crippen LogP contribution is 2.26. The van der Waals surface area contributed by atoms with E-state index in [-0.39, 0.29) is 34.5 Å². The number of rotatable bonds is 7. The number of piperidine rings is 1. The van der Waals surface area contributed by atoms with Gasteiger partial charge in [0.1, 0.15) is 5.82 Å². The van der Waals surface area contributed by atoms with Crippen molar-refractivity contribution < 1.29 is 0 Å². The highest BCUT2D eigenvalue weighted by atomic mass is 16.1. The Morgan fingerprint density at radius 3 is 2.20 bits per heavy atom. The molecule has 1 aromatic carbocycles. The lowest BCUT2D eigenvalue weighted by atomic mass is 9.87. The summed E-state index contributed by atoms with van der Waals surface area (Å²) in [6, 6.07) is 11.0. The molecule has 45 heavy (non-hydrogen) atoms. The number of H-pyrrole nitrogens is 3. The maximum atomic E-state index is 12.3. The molecule has 7 rings (SSSR count). The minimum absolute atomic E-state index is 0.00229. The average Bonchev–Trinajstić information content (AvgIpc) is 3.70. The summed E-state index contributed by atoms with van der Waals surface area (Å²) < 4.78 is 3.00. The molecular formula is C30H35N13O2. The molecule has 0 saturated carbocycles. The molecule has 0 aliphatic carbocycles. The van der Waals surface area contributed by atoms with Gasteiger partial charge >= 0.3 is 0 Å². The Hall–Kier alpha value is -5.31. The molecule has 1 fully saturated rings. The Kier molecular flexibility index (Phi) is 6.96. The van der Waals surface area contributed by atoms with E-state index in [0.717, 1.165) is 49.6 Å². The Balaban J connectivity index is 1.16. The van der Waals surface area contributed by atoms with Gasteiger partial charge in [-0.1, -0.05) is 45.0 Å². The third-order valence-corrected chi connectivity index (χ3v) is 8.01. The van der Waals surface area contributed by atoms with Gasteiger partial charge in [0.15, 0.2) is 17.1 Å². The predicted molar refractivity (Wildman–Crippen MR) is 170 cm³/mol. The second kappa shape index (κ2) is 11.0. The molecule has 15 nitrogen and oxygen atoms in total. The molecular weight excluding hydrogens is 574 g/mol. The second-order valence-electron chi connectivity index (χ2n) is 12.5. The van der Waals surface area contributed by atoms with E-state index in [4.69, 9.17) is 9.97 Å². The van der Waals surface area contributed by atoms with E-state index in [0.29, 0.717) is 23.1 Å². The topological polar surface area (TPSA) is 182 Å². The van der Waals surface area contributed by atoms with Crippen LogP contribution in [-0.4, -0.2) is 73.2 Å². The zero-order chi connectivity index (χ0) is 31.3. The quantitative estimate of drug-likeness (QED) is 0.180. The number of benzene rings is 1. The van der Waals surface area contributed by atoms with Crippen molar-refractivity contribution in [1.29, 1.82) is 0 Å². The lowest BCUT2D eigenvalue weighted by Gasteiger charge is -2.32. The van der Waals surface area contributed by atoms with Crippen LogP contribution in [0.1, 0.15) is 50.7 Å². The van der Waals surface area contributed by atoms with Crippen molar-refractivity contribution in [2.45, 2.75) is 58.5 Å². The van der Waals surface area contributed by atoms with Gasteiger partial charge < -0.3 is 10.3 Å². The normalized spacial score (nSPS) is 14.8. The minimum Gasteiger partial charge on any atom is -0.351 e. The van der Waals surface area contributed by atoms with Crippen molar-refractivity contribution in [2.24, 2.45) is 0 Å². The Morgan fingerprint density at radius 2 is 1.56 bits per heavy atom. The van der Waals surface area contributed by atoms with E-state index in [1.54, 1.807) is 4.52 Å². The molecule has 0 spiro atoms. The van der Waals surface area contributed by atoms with Crippen LogP contribution in [0.3, 0.4) is 0 Å². The lowest BCUT2D eigenvalue weighted by molar-refractivity contribution is 0.209. The highest BCUT2D eigenvalue weighted by molar-refractivity contribution is 5.63. The number of nitrogens with one attached hydrogen (secondary N) is 5. The average molecular weight is 610 g/mol. The van der Waals surface area contributed by atoms with E-state index >= 15 is 0 Å². The Morgan fingerprint density at radius 1 is 0.889 bits per heavy atom. The Labute approximate surface area is 257 Å². The predicted octanol–water partition coefficient (Wildman–Crippen LogP) is 2.96. The third kappa shape index (κ3) is 5.93. The standard InChI is InChI=1S/C30H35N13O2/c1-17-31-15-21(32-17)16-41-11-9-20(10-12-41)33-28-37-27(35-23-14-25(45)40-43(23)28)38-29-36-26(34-22-13-24(44)39-42(22)29)18-5-7-19(8-6-18)30(2,3)4/h5-8,13-15,20H,9-12,16H2,1-4H3,(H,31,32)(H,39,44)(H,40,45)(H2,33,34,35,36,37,38). The molecule has 1 aliphatic rings. The third-order valence-electron chi connectivity index (χ3n) is 8.01. The van der Waals surface area contributed by atoms with Crippen LogP contribution >= 0.6 is 0 Å². The molecule has 0 bridgehead atoms. The van der Waals surface area contributed by atoms with E-state index in [9.17, 15) is 9.59 Å². The van der Waals surface area contributed by atoms with Crippen LogP contribution in [0.2, 0.25) is 0 Å². The van der Waals surface area contributed by atoms with Gasteiger partial charge in [0.05, 0.1) is 0 Å². The minimum atomic E-state index is -0.322. The summed E-state index contributed by atoms with van der Waals surface area (Å²) in [5.74, 6) is 2.26. The molecule has 1 aliphatic heterocycles. The van der Waals surface area contributed by atoms with Gasteiger partial charge in [-0.2, -0.15) is 15.0 Å². The van der Waals surface area contributed by atoms with Gasteiger partial charge in [0.2, 0.25) is 17.8 Å². The highest BCUT2D eigenvalue weighted by Gasteiger charge is 2.22. The van der Waals surface area contributed by atoms with Crippen LogP contribution in [0.15, 0.2) is 52.2 Å². The molecule has 232 valence electrons. The number of nitrogens with zero attached hydrogens (tertiary/aromatic N) is 8. The summed E-state index contributed by atoms with van der Waals surface area (Å²) >= 11 is 0. The first-order chi connectivity index (χ1) is 21.6. The first kappa shape index (κ1) is 28.5. The smallest absolute Gasteiger partial charge is 0.266 e. The number of likely N-dealkylation sites (tertiary alicyclic amines) is 1. The summed E-state index contributed by atoms with van der Waals surface area (Å²) in [5, 5.41) is 12.2. The molecule has 6 aromatic rings. The lowest BCUT2D eigenvalue weighted by Crippen LogP contribution is -2.39. The van der Waals surface area contributed by atoms with Crippen molar-refractivity contribution in [3.8, 4) is 11.4 Å². The molecule has 5 N–H and O–H groups in total. The number of imidazole rings is 1. The molecule has 6 heterocycles. The first-order valence-electron chi connectivity index (χ1n) is 14.9. The Bertz CT molecular complexity index is 2100. The summed E-state index contributed by atoms with van der Waals surface area (Å²) in [6.45, 7) is 11.0. The second-order valence-corrected chi connectivity index (χ2v) is 12.5. The largest absolute Gasteiger partial charge is 0.351 e. The van der Waals surface area contributed by atoms with Crippen molar-refractivity contribution >= 4 is 29.1 Å². The van der Waals surface area contributed by atoms with Gasteiger partial charge in [-0.15, -0.1) is 0 Å². The SMILES string of the molecule is Cc1ncc(CN2CCC(Nc3nc(Nc4nc(-c5ccc(C(C)(C)C)cc5)nc5cc(=O)[nH]n45)nc4cc(=O)[nH]n34)CC2)[nH]1. The van der Waals surface area contributed by atoms with E-state index < -0.39 is 0 Å². The zero-order valence-corrected chi connectivity index (χ0v) is 25.5. The van der Waals surface area contributed by atoms with E-state index in [1.165, 1.54) is 22.2 Å². The van der Waals surface area contributed by atoms with Crippen LogP contribution in [-0.2, 0) is 12.0 Å². The summed E-state index contributed by atoms with van der Waals surface area (Å²) in [7, 11) is 0. The number of hydrogen-bond donors (Lipinski definition) is 5. The number of fused-ring (bicyclic) bond motifs is 2.